The molecule has 8 heteroatoms. The van der Waals surface area contributed by atoms with Crippen LogP contribution in [-0.4, -0.2) is 50.0 Å². The van der Waals surface area contributed by atoms with Crippen LogP contribution in [-0.2, 0) is 32.6 Å². The molecule has 0 radical (unpaired) electrons. The molecule has 0 heterocycles. The number of nitrogens with zero attached hydrogens (tertiary/aromatic N) is 2. The molecule has 1 fully saturated rings. The lowest BCUT2D eigenvalue weighted by molar-refractivity contribution is -0.141. The summed E-state index contributed by atoms with van der Waals surface area (Å²) in [4.78, 5) is 29.5. The van der Waals surface area contributed by atoms with Gasteiger partial charge in [-0.3, -0.25) is 13.9 Å². The van der Waals surface area contributed by atoms with Gasteiger partial charge in [-0.05, 0) is 61.4 Å². The molecule has 0 aromatic heterocycles. The minimum Gasteiger partial charge on any atom is -0.352 e. The largest absolute Gasteiger partial charge is 0.352 e. The number of aryl methyl sites for hydroxylation is 1. The van der Waals surface area contributed by atoms with E-state index in [4.69, 9.17) is 0 Å². The monoisotopic (exact) mass is 589 g/mol. The van der Waals surface area contributed by atoms with E-state index in [-0.39, 0.29) is 30.8 Å². The second-order valence-electron chi connectivity index (χ2n) is 11.4. The molecule has 42 heavy (non-hydrogen) atoms. The Kier molecular flexibility index (Phi) is 10.8. The fraction of sp³-hybridized carbons (Fsp3) is 0.412. The summed E-state index contributed by atoms with van der Waals surface area (Å²) in [5.74, 6) is -0.307. The first kappa shape index (κ1) is 31.3. The number of amides is 2. The SMILES string of the molecule is Cc1cccc(N(CCCC(=O)N(Cc2ccccc2)[C@@H](Cc2ccccc2)C(=O)NC2CCCC2)S(C)(=O)=O)c1C. The minimum atomic E-state index is -3.56. The van der Waals surface area contributed by atoms with Crippen LogP contribution in [0.2, 0.25) is 0 Å². The molecule has 7 nitrogen and oxygen atoms in total. The zero-order chi connectivity index (χ0) is 30.1. The first-order valence-corrected chi connectivity index (χ1v) is 16.7. The van der Waals surface area contributed by atoms with Crippen LogP contribution < -0.4 is 9.62 Å². The second-order valence-corrected chi connectivity index (χ2v) is 13.3. The van der Waals surface area contributed by atoms with Gasteiger partial charge >= 0.3 is 0 Å². The predicted octanol–water partition coefficient (Wildman–Crippen LogP) is 5.55. The highest BCUT2D eigenvalue weighted by Crippen LogP contribution is 2.26. The molecule has 4 rings (SSSR count). The molecule has 0 saturated heterocycles. The highest BCUT2D eigenvalue weighted by molar-refractivity contribution is 7.92. The number of anilines is 1. The number of rotatable bonds is 13. The van der Waals surface area contributed by atoms with Gasteiger partial charge in [0.05, 0.1) is 11.9 Å². The Balaban J connectivity index is 1.58. The Morgan fingerprint density at radius 2 is 1.50 bits per heavy atom. The fourth-order valence-electron chi connectivity index (χ4n) is 5.69. The lowest BCUT2D eigenvalue weighted by atomic mass is 10.0. The van der Waals surface area contributed by atoms with Gasteiger partial charge in [0.2, 0.25) is 21.8 Å². The van der Waals surface area contributed by atoms with Gasteiger partial charge in [-0.2, -0.15) is 0 Å². The molecule has 1 aliphatic rings. The van der Waals surface area contributed by atoms with Crippen molar-refractivity contribution in [1.29, 1.82) is 0 Å². The summed E-state index contributed by atoms with van der Waals surface area (Å²) in [6, 6.07) is 24.5. The molecule has 1 N–H and O–H groups in total. The van der Waals surface area contributed by atoms with Gasteiger partial charge in [-0.15, -0.1) is 0 Å². The lowest BCUT2D eigenvalue weighted by Gasteiger charge is -2.33. The van der Waals surface area contributed by atoms with Crippen molar-refractivity contribution in [2.45, 2.75) is 77.4 Å². The van der Waals surface area contributed by atoms with Crippen LogP contribution in [0.1, 0.15) is 60.8 Å². The third-order valence-electron chi connectivity index (χ3n) is 8.17. The highest BCUT2D eigenvalue weighted by atomic mass is 32.2. The maximum atomic E-state index is 14.0. The molecule has 0 aliphatic heterocycles. The van der Waals surface area contributed by atoms with Crippen LogP contribution in [0.15, 0.2) is 78.9 Å². The number of carbonyl (C=O) groups is 2. The summed E-state index contributed by atoms with van der Waals surface area (Å²) in [5.41, 5.74) is 4.44. The topological polar surface area (TPSA) is 86.8 Å². The van der Waals surface area contributed by atoms with Crippen molar-refractivity contribution >= 4 is 27.5 Å². The van der Waals surface area contributed by atoms with Crippen LogP contribution >= 0.6 is 0 Å². The Morgan fingerprint density at radius 3 is 2.12 bits per heavy atom. The van der Waals surface area contributed by atoms with Crippen molar-refractivity contribution in [2.75, 3.05) is 17.1 Å². The van der Waals surface area contributed by atoms with Crippen LogP contribution in [0, 0.1) is 13.8 Å². The molecule has 0 bridgehead atoms. The smallest absolute Gasteiger partial charge is 0.243 e. The number of benzene rings is 3. The average molecular weight is 590 g/mol. The van der Waals surface area contributed by atoms with Gasteiger partial charge in [0.1, 0.15) is 6.04 Å². The summed E-state index contributed by atoms with van der Waals surface area (Å²) < 4.78 is 27.0. The van der Waals surface area contributed by atoms with Crippen LogP contribution in [0.3, 0.4) is 0 Å². The van der Waals surface area contributed by atoms with Crippen molar-refractivity contribution in [1.82, 2.24) is 10.2 Å². The van der Waals surface area contributed by atoms with Gasteiger partial charge in [-0.25, -0.2) is 8.42 Å². The molecule has 3 aromatic rings. The Morgan fingerprint density at radius 1 is 0.881 bits per heavy atom. The first-order valence-electron chi connectivity index (χ1n) is 14.8. The van der Waals surface area contributed by atoms with Crippen LogP contribution in [0.4, 0.5) is 5.69 Å². The Labute approximate surface area is 251 Å². The Bertz CT molecular complexity index is 1440. The quantitative estimate of drug-likeness (QED) is 0.283. The van der Waals surface area contributed by atoms with Gasteiger partial charge in [0, 0.05) is 32.0 Å². The van der Waals surface area contributed by atoms with Crippen molar-refractivity contribution in [3.63, 3.8) is 0 Å². The number of sulfonamides is 1. The van der Waals surface area contributed by atoms with Crippen LogP contribution in [0.5, 0.6) is 0 Å². The fourth-order valence-corrected chi connectivity index (χ4v) is 6.71. The van der Waals surface area contributed by atoms with E-state index in [2.05, 4.69) is 5.32 Å². The number of hydrogen-bond donors (Lipinski definition) is 1. The predicted molar refractivity (Wildman–Crippen MR) is 169 cm³/mol. The molecular formula is C34H43N3O4S. The minimum absolute atomic E-state index is 0.117. The van der Waals surface area contributed by atoms with Gasteiger partial charge in [0.25, 0.3) is 0 Å². The highest BCUT2D eigenvalue weighted by Gasteiger charge is 2.32. The van der Waals surface area contributed by atoms with E-state index in [1.54, 1.807) is 11.0 Å². The van der Waals surface area contributed by atoms with E-state index < -0.39 is 16.1 Å². The molecule has 3 aromatic carbocycles. The molecule has 1 atom stereocenters. The number of nitrogens with one attached hydrogen (secondary N) is 1. The molecule has 0 unspecified atom stereocenters. The summed E-state index contributed by atoms with van der Waals surface area (Å²) >= 11 is 0. The summed E-state index contributed by atoms with van der Waals surface area (Å²) in [5, 5.41) is 3.23. The standard InChI is InChI=1S/C34H43N3O4S/c1-26-14-12-21-31(27(26)2)37(42(3,40)41)23-13-22-33(38)36(25-29-17-8-5-9-18-29)32(24-28-15-6-4-7-16-28)34(39)35-30-19-10-11-20-30/h4-9,12,14-18,21,30,32H,10-11,13,19-20,22-25H2,1-3H3,(H,35,39)/t32-/m0/s1. The van der Waals surface area contributed by atoms with Crippen molar-refractivity contribution in [2.24, 2.45) is 0 Å². The molecule has 1 saturated carbocycles. The van der Waals surface area contributed by atoms with Crippen molar-refractivity contribution in [3.8, 4) is 0 Å². The summed E-state index contributed by atoms with van der Waals surface area (Å²) in [7, 11) is -3.56. The number of hydrogen-bond acceptors (Lipinski definition) is 4. The molecular weight excluding hydrogens is 546 g/mol. The van der Waals surface area contributed by atoms with Gasteiger partial charge in [-0.1, -0.05) is 85.6 Å². The normalized spacial score (nSPS) is 14.4. The van der Waals surface area contributed by atoms with Crippen molar-refractivity contribution < 1.29 is 18.0 Å². The Hall–Kier alpha value is -3.65. The zero-order valence-electron chi connectivity index (χ0n) is 25.0. The zero-order valence-corrected chi connectivity index (χ0v) is 25.8. The molecule has 0 spiro atoms. The third kappa shape index (κ3) is 8.44. The van der Waals surface area contributed by atoms with E-state index in [1.165, 1.54) is 10.6 Å². The molecule has 1 aliphatic carbocycles. The van der Waals surface area contributed by atoms with Gasteiger partial charge < -0.3 is 10.2 Å². The van der Waals surface area contributed by atoms with E-state index in [1.807, 2.05) is 86.6 Å². The average Bonchev–Trinajstić information content (AvgIpc) is 3.48. The first-order chi connectivity index (χ1) is 20.1. The number of carbonyl (C=O) groups excluding carboxylic acids is 2. The van der Waals surface area contributed by atoms with Crippen LogP contribution in [0.25, 0.3) is 0 Å². The van der Waals surface area contributed by atoms with E-state index in [0.29, 0.717) is 25.1 Å². The summed E-state index contributed by atoms with van der Waals surface area (Å²) in [6.07, 6.45) is 6.14. The summed E-state index contributed by atoms with van der Waals surface area (Å²) in [6.45, 7) is 4.33. The van der Waals surface area contributed by atoms with Gasteiger partial charge in [0.15, 0.2) is 0 Å². The second kappa shape index (κ2) is 14.5. The van der Waals surface area contributed by atoms with E-state index in [9.17, 15) is 18.0 Å². The van der Waals surface area contributed by atoms with E-state index >= 15 is 0 Å². The lowest BCUT2D eigenvalue weighted by Crippen LogP contribution is -2.52. The third-order valence-corrected chi connectivity index (χ3v) is 9.35. The maximum Gasteiger partial charge on any atom is 0.243 e. The molecule has 224 valence electrons. The maximum absolute atomic E-state index is 14.0. The van der Waals surface area contributed by atoms with Crippen molar-refractivity contribution in [3.05, 3.63) is 101 Å². The molecule has 2 amide bonds. The van der Waals surface area contributed by atoms with E-state index in [0.717, 1.165) is 47.9 Å².